The summed E-state index contributed by atoms with van der Waals surface area (Å²) in [4.78, 5) is 14.7. The minimum absolute atomic E-state index is 0. The van der Waals surface area contributed by atoms with Crippen LogP contribution in [0.1, 0.15) is 39.5 Å². The molecular formula is C15H29ClN2O3S. The lowest BCUT2D eigenvalue weighted by atomic mass is 9.75. The number of ketones is 1. The molecule has 2 aliphatic rings. The van der Waals surface area contributed by atoms with Gasteiger partial charge in [-0.15, -0.1) is 12.4 Å². The molecule has 0 N–H and O–H groups in total. The molecule has 0 aromatic rings. The van der Waals surface area contributed by atoms with Gasteiger partial charge >= 0.3 is 0 Å². The average Bonchev–Trinajstić information content (AvgIpc) is 2.66. The largest absolute Gasteiger partial charge is 0.309 e. The predicted molar refractivity (Wildman–Crippen MR) is 90.8 cm³/mol. The Bertz CT molecular complexity index is 533. The Morgan fingerprint density at radius 2 is 1.82 bits per heavy atom. The minimum Gasteiger partial charge on any atom is -0.309 e. The maximum atomic E-state index is 12.6. The Labute approximate surface area is 140 Å². The van der Waals surface area contributed by atoms with Gasteiger partial charge in [0.05, 0.1) is 11.8 Å². The van der Waals surface area contributed by atoms with Crippen LogP contribution < -0.4 is 0 Å². The highest BCUT2D eigenvalue weighted by atomic mass is 35.5. The van der Waals surface area contributed by atoms with Crippen LogP contribution in [0, 0.1) is 11.3 Å². The zero-order valence-corrected chi connectivity index (χ0v) is 15.9. The van der Waals surface area contributed by atoms with Crippen molar-refractivity contribution in [3.8, 4) is 0 Å². The molecule has 2 rings (SSSR count). The second-order valence-corrected chi connectivity index (χ2v) is 9.34. The van der Waals surface area contributed by atoms with E-state index in [0.717, 1.165) is 19.4 Å². The quantitative estimate of drug-likeness (QED) is 0.731. The summed E-state index contributed by atoms with van der Waals surface area (Å²) in [6.07, 6.45) is 4.16. The molecule has 2 aliphatic carbocycles. The lowest BCUT2D eigenvalue weighted by molar-refractivity contribution is -0.129. The summed E-state index contributed by atoms with van der Waals surface area (Å²) < 4.78 is 26.3. The Morgan fingerprint density at radius 3 is 2.18 bits per heavy atom. The fourth-order valence-corrected chi connectivity index (χ4v) is 5.86. The predicted octanol–water partition coefficient (Wildman–Crippen LogP) is 1.77. The molecule has 0 unspecified atom stereocenters. The van der Waals surface area contributed by atoms with E-state index in [4.69, 9.17) is 0 Å². The number of fused-ring (bicyclic) bond motifs is 2. The van der Waals surface area contributed by atoms with Gasteiger partial charge in [-0.25, -0.2) is 8.42 Å². The average molecular weight is 353 g/mol. The molecule has 2 atom stereocenters. The summed E-state index contributed by atoms with van der Waals surface area (Å²) in [6, 6.07) is 0. The first-order valence-electron chi connectivity index (χ1n) is 7.69. The van der Waals surface area contributed by atoms with Gasteiger partial charge in [0.15, 0.2) is 5.78 Å². The lowest BCUT2D eigenvalue weighted by Crippen LogP contribution is -2.60. The van der Waals surface area contributed by atoms with Crippen LogP contribution in [-0.2, 0) is 14.8 Å². The van der Waals surface area contributed by atoms with E-state index in [-0.39, 0.29) is 23.6 Å². The number of hydrogen-bond donors (Lipinski definition) is 0. The molecule has 0 amide bonds. The fourth-order valence-electron chi connectivity index (χ4n) is 4.41. The van der Waals surface area contributed by atoms with E-state index in [2.05, 4.69) is 13.8 Å². The third kappa shape index (κ3) is 2.95. The first kappa shape index (κ1) is 19.9. The van der Waals surface area contributed by atoms with Gasteiger partial charge in [-0.3, -0.25) is 4.79 Å². The van der Waals surface area contributed by atoms with Gasteiger partial charge in [-0.05, 0) is 51.2 Å². The van der Waals surface area contributed by atoms with Crippen LogP contribution >= 0.6 is 12.4 Å². The number of carbonyl (C=O) groups excluding carboxylic acids is 1. The van der Waals surface area contributed by atoms with E-state index in [0.29, 0.717) is 25.3 Å². The molecule has 2 saturated carbocycles. The number of Topliss-reactive ketones (excluding diaryl/α,β-unsaturated/α-hetero) is 1. The molecule has 0 spiro atoms. The molecule has 0 aromatic heterocycles. The van der Waals surface area contributed by atoms with Gasteiger partial charge in [0.25, 0.3) is 0 Å². The van der Waals surface area contributed by atoms with Crippen LogP contribution in [0.3, 0.4) is 0 Å². The van der Waals surface area contributed by atoms with E-state index < -0.39 is 15.6 Å². The number of rotatable bonds is 6. The smallest absolute Gasteiger partial charge is 0.212 e. The Morgan fingerprint density at radius 1 is 1.23 bits per heavy atom. The summed E-state index contributed by atoms with van der Waals surface area (Å²) in [5.74, 6) is 0.446. The molecule has 5 nitrogen and oxygen atoms in total. The second kappa shape index (κ2) is 6.38. The topological polar surface area (TPSA) is 57.7 Å². The lowest BCUT2D eigenvalue weighted by Gasteiger charge is -2.44. The molecule has 130 valence electrons. The molecule has 2 bridgehead atoms. The van der Waals surface area contributed by atoms with Crippen molar-refractivity contribution in [2.24, 2.45) is 11.3 Å². The molecule has 0 aromatic carbocycles. The highest BCUT2D eigenvalue weighted by molar-refractivity contribution is 7.88. The SMILES string of the molecule is CN(C)CCCN([C@]12CC[C@@H](CC1=O)C2(C)C)S(C)(=O)=O.Cl. The van der Waals surface area contributed by atoms with Gasteiger partial charge in [0, 0.05) is 13.0 Å². The summed E-state index contributed by atoms with van der Waals surface area (Å²) in [5, 5.41) is 0. The second-order valence-electron chi connectivity index (χ2n) is 7.44. The van der Waals surface area contributed by atoms with E-state index in [1.54, 1.807) is 0 Å². The van der Waals surface area contributed by atoms with Crippen LogP contribution in [-0.4, -0.2) is 62.4 Å². The van der Waals surface area contributed by atoms with E-state index >= 15 is 0 Å². The van der Waals surface area contributed by atoms with Crippen molar-refractivity contribution in [2.75, 3.05) is 33.4 Å². The van der Waals surface area contributed by atoms with E-state index in [9.17, 15) is 13.2 Å². The third-order valence-electron chi connectivity index (χ3n) is 5.63. The van der Waals surface area contributed by atoms with Crippen molar-refractivity contribution in [2.45, 2.75) is 45.1 Å². The zero-order chi connectivity index (χ0) is 16.1. The van der Waals surface area contributed by atoms with Gasteiger partial charge in [-0.2, -0.15) is 4.31 Å². The van der Waals surface area contributed by atoms with Crippen LogP contribution in [0.4, 0.5) is 0 Å². The molecule has 0 aliphatic heterocycles. The highest BCUT2D eigenvalue weighted by Crippen LogP contribution is 2.61. The summed E-state index contributed by atoms with van der Waals surface area (Å²) in [7, 11) is 0.543. The van der Waals surface area contributed by atoms with E-state index in [1.165, 1.54) is 10.6 Å². The van der Waals surface area contributed by atoms with E-state index in [1.807, 2.05) is 19.0 Å². The van der Waals surface area contributed by atoms with Crippen molar-refractivity contribution in [3.63, 3.8) is 0 Å². The molecule has 7 heteroatoms. The van der Waals surface area contributed by atoms with Crippen LogP contribution in [0.2, 0.25) is 0 Å². The molecular weight excluding hydrogens is 324 g/mol. The minimum atomic E-state index is -3.40. The molecule has 0 saturated heterocycles. The van der Waals surface area contributed by atoms with Crippen molar-refractivity contribution in [1.82, 2.24) is 9.21 Å². The van der Waals surface area contributed by atoms with Crippen molar-refractivity contribution < 1.29 is 13.2 Å². The van der Waals surface area contributed by atoms with Crippen LogP contribution in [0.5, 0.6) is 0 Å². The first-order chi connectivity index (χ1) is 9.53. The normalized spacial score (nSPS) is 30.1. The zero-order valence-electron chi connectivity index (χ0n) is 14.3. The Hall–Kier alpha value is -0.170. The summed E-state index contributed by atoms with van der Waals surface area (Å²) in [5.41, 5.74) is -1.07. The van der Waals surface area contributed by atoms with Crippen molar-refractivity contribution >= 4 is 28.2 Å². The maximum Gasteiger partial charge on any atom is 0.212 e. The summed E-state index contributed by atoms with van der Waals surface area (Å²) in [6.45, 7) is 5.39. The number of halogens is 1. The Balaban J connectivity index is 0.00000242. The van der Waals surface area contributed by atoms with Crippen molar-refractivity contribution in [3.05, 3.63) is 0 Å². The number of sulfonamides is 1. The fraction of sp³-hybridized carbons (Fsp3) is 0.933. The number of carbonyl (C=O) groups is 1. The molecule has 2 fully saturated rings. The van der Waals surface area contributed by atoms with Crippen LogP contribution in [0.25, 0.3) is 0 Å². The Kier molecular flexibility index (Phi) is 5.76. The third-order valence-corrected chi connectivity index (χ3v) is 6.92. The monoisotopic (exact) mass is 352 g/mol. The van der Waals surface area contributed by atoms with Gasteiger partial charge in [-0.1, -0.05) is 13.8 Å². The standard InChI is InChI=1S/C15H28N2O3S.ClH/c1-14(2)12-7-8-15(14,13(18)11-12)17(21(5,19)20)10-6-9-16(3)4;/h12H,6-11H2,1-5H3;1H/t12-,15+;/m0./s1. The number of hydrogen-bond acceptors (Lipinski definition) is 4. The van der Waals surface area contributed by atoms with Gasteiger partial charge < -0.3 is 4.90 Å². The van der Waals surface area contributed by atoms with Gasteiger partial charge in [0.2, 0.25) is 10.0 Å². The van der Waals surface area contributed by atoms with Gasteiger partial charge in [0.1, 0.15) is 0 Å². The molecule has 0 heterocycles. The highest BCUT2D eigenvalue weighted by Gasteiger charge is 2.68. The maximum absolute atomic E-state index is 12.6. The van der Waals surface area contributed by atoms with Crippen molar-refractivity contribution in [1.29, 1.82) is 0 Å². The molecule has 22 heavy (non-hydrogen) atoms. The number of nitrogens with zero attached hydrogens (tertiary/aromatic N) is 2. The first-order valence-corrected chi connectivity index (χ1v) is 9.54. The molecule has 0 radical (unpaired) electrons. The summed E-state index contributed by atoms with van der Waals surface area (Å²) >= 11 is 0. The van der Waals surface area contributed by atoms with Crippen LogP contribution in [0.15, 0.2) is 0 Å².